The van der Waals surface area contributed by atoms with Crippen molar-refractivity contribution in [3.05, 3.63) is 0 Å². The van der Waals surface area contributed by atoms with Crippen molar-refractivity contribution in [1.82, 2.24) is 5.32 Å². The summed E-state index contributed by atoms with van der Waals surface area (Å²) in [6, 6.07) is 0. The lowest BCUT2D eigenvalue weighted by molar-refractivity contribution is 0.339. The third-order valence-electron chi connectivity index (χ3n) is 3.48. The molecular formula is C12H22N2. The average molecular weight is 194 g/mol. The Morgan fingerprint density at radius 1 is 1.14 bits per heavy atom. The number of nitrogens with zero attached hydrogens (tertiary/aromatic N) is 1. The van der Waals surface area contributed by atoms with E-state index in [0.29, 0.717) is 0 Å². The molecule has 1 fully saturated rings. The smallest absolute Gasteiger partial charge is 0.0963 e. The molecule has 2 rings (SSSR count). The van der Waals surface area contributed by atoms with E-state index < -0.39 is 0 Å². The fourth-order valence-electron chi connectivity index (χ4n) is 2.58. The maximum Gasteiger partial charge on any atom is 0.0963 e. The van der Waals surface area contributed by atoms with Crippen molar-refractivity contribution >= 4 is 5.84 Å². The fraction of sp³-hybridized carbons (Fsp3) is 0.917. The van der Waals surface area contributed by atoms with Crippen LogP contribution in [0.3, 0.4) is 0 Å². The second-order valence-corrected chi connectivity index (χ2v) is 4.65. The van der Waals surface area contributed by atoms with Gasteiger partial charge in [0.05, 0.1) is 5.84 Å². The average Bonchev–Trinajstić information content (AvgIpc) is 2.72. The normalized spacial score (nSPS) is 23.6. The van der Waals surface area contributed by atoms with Gasteiger partial charge in [0.2, 0.25) is 0 Å². The quantitative estimate of drug-likeness (QED) is 0.734. The van der Waals surface area contributed by atoms with Crippen LogP contribution in [0, 0.1) is 5.92 Å². The molecule has 0 amide bonds. The maximum atomic E-state index is 4.42. The summed E-state index contributed by atoms with van der Waals surface area (Å²) in [5, 5.41) is 3.48. The van der Waals surface area contributed by atoms with Crippen molar-refractivity contribution in [3.8, 4) is 0 Å². The van der Waals surface area contributed by atoms with Gasteiger partial charge in [0.25, 0.3) is 0 Å². The van der Waals surface area contributed by atoms with Gasteiger partial charge in [0.1, 0.15) is 0 Å². The van der Waals surface area contributed by atoms with Gasteiger partial charge in [-0.3, -0.25) is 4.99 Å². The van der Waals surface area contributed by atoms with Crippen LogP contribution in [0.4, 0.5) is 0 Å². The fourth-order valence-corrected chi connectivity index (χ4v) is 2.58. The molecule has 0 bridgehead atoms. The van der Waals surface area contributed by atoms with Crippen molar-refractivity contribution < 1.29 is 0 Å². The minimum atomic E-state index is 0.998. The number of rotatable bonds is 3. The van der Waals surface area contributed by atoms with Gasteiger partial charge in [-0.05, 0) is 18.8 Å². The van der Waals surface area contributed by atoms with E-state index in [-0.39, 0.29) is 0 Å². The van der Waals surface area contributed by atoms with E-state index in [1.165, 1.54) is 57.2 Å². The molecule has 0 spiro atoms. The highest BCUT2D eigenvalue weighted by atomic mass is 15.0. The molecule has 2 aliphatic rings. The zero-order valence-corrected chi connectivity index (χ0v) is 9.10. The van der Waals surface area contributed by atoms with Crippen molar-refractivity contribution in [2.24, 2.45) is 10.9 Å². The molecule has 1 saturated carbocycles. The predicted octanol–water partition coefficient (Wildman–Crippen LogP) is 2.74. The molecule has 2 nitrogen and oxygen atoms in total. The Morgan fingerprint density at radius 2 is 2.00 bits per heavy atom. The van der Waals surface area contributed by atoms with E-state index in [4.69, 9.17) is 0 Å². The summed E-state index contributed by atoms with van der Waals surface area (Å²) in [7, 11) is 0. The van der Waals surface area contributed by atoms with Crippen molar-refractivity contribution in [1.29, 1.82) is 0 Å². The minimum absolute atomic E-state index is 0.998. The summed E-state index contributed by atoms with van der Waals surface area (Å²) in [6.07, 6.45) is 11.1. The molecule has 0 aromatic carbocycles. The zero-order valence-electron chi connectivity index (χ0n) is 9.10. The summed E-state index contributed by atoms with van der Waals surface area (Å²) in [5.74, 6) is 2.26. The molecule has 80 valence electrons. The van der Waals surface area contributed by atoms with Gasteiger partial charge < -0.3 is 5.32 Å². The van der Waals surface area contributed by atoms with Crippen LogP contribution in [0.15, 0.2) is 4.99 Å². The molecule has 0 radical (unpaired) electrons. The molecule has 1 aliphatic carbocycles. The monoisotopic (exact) mass is 194 g/mol. The van der Waals surface area contributed by atoms with E-state index in [1.54, 1.807) is 0 Å². The molecule has 14 heavy (non-hydrogen) atoms. The number of nitrogens with one attached hydrogen (secondary N) is 1. The molecule has 0 aromatic rings. The number of amidine groups is 1. The van der Waals surface area contributed by atoms with Crippen molar-refractivity contribution in [2.45, 2.75) is 51.4 Å². The van der Waals surface area contributed by atoms with Crippen LogP contribution in [0.2, 0.25) is 0 Å². The molecule has 0 atom stereocenters. The first-order chi connectivity index (χ1) is 6.95. The van der Waals surface area contributed by atoms with E-state index in [0.717, 1.165) is 19.0 Å². The summed E-state index contributed by atoms with van der Waals surface area (Å²) in [5.41, 5.74) is 0. The maximum absolute atomic E-state index is 4.42. The van der Waals surface area contributed by atoms with E-state index >= 15 is 0 Å². The van der Waals surface area contributed by atoms with Crippen LogP contribution in [0.25, 0.3) is 0 Å². The molecular weight excluding hydrogens is 172 g/mol. The molecule has 0 saturated heterocycles. The highest BCUT2D eigenvalue weighted by molar-refractivity contribution is 5.83. The second-order valence-electron chi connectivity index (χ2n) is 4.65. The van der Waals surface area contributed by atoms with Gasteiger partial charge >= 0.3 is 0 Å². The SMILES string of the molecule is C1CCC(CCNC2=NCCC2)CC1. The lowest BCUT2D eigenvalue weighted by Gasteiger charge is -2.21. The highest BCUT2D eigenvalue weighted by Gasteiger charge is 2.13. The first-order valence-corrected chi connectivity index (χ1v) is 6.22. The summed E-state index contributed by atoms with van der Waals surface area (Å²) in [6.45, 7) is 2.20. The topological polar surface area (TPSA) is 24.4 Å². The Hall–Kier alpha value is -0.530. The van der Waals surface area contributed by atoms with Gasteiger partial charge in [-0.1, -0.05) is 32.1 Å². The Morgan fingerprint density at radius 3 is 2.71 bits per heavy atom. The Balaban J connectivity index is 1.57. The van der Waals surface area contributed by atoms with Crippen molar-refractivity contribution in [2.75, 3.05) is 13.1 Å². The van der Waals surface area contributed by atoms with Gasteiger partial charge in [-0.25, -0.2) is 0 Å². The standard InChI is InChI=1S/C12H22N2/c1-2-5-11(6-3-1)8-10-14-12-7-4-9-13-12/h11H,1-10H2,(H,13,14). The third-order valence-corrected chi connectivity index (χ3v) is 3.48. The number of hydrogen-bond acceptors (Lipinski definition) is 2. The lowest BCUT2D eigenvalue weighted by atomic mass is 9.87. The van der Waals surface area contributed by atoms with Gasteiger partial charge in [-0.15, -0.1) is 0 Å². The van der Waals surface area contributed by atoms with E-state index in [1.807, 2.05) is 0 Å². The molecule has 0 aromatic heterocycles. The van der Waals surface area contributed by atoms with E-state index in [9.17, 15) is 0 Å². The molecule has 2 heteroatoms. The van der Waals surface area contributed by atoms with Crippen LogP contribution in [0.5, 0.6) is 0 Å². The second kappa shape index (κ2) is 5.38. The highest BCUT2D eigenvalue weighted by Crippen LogP contribution is 2.25. The molecule has 1 heterocycles. The van der Waals surface area contributed by atoms with Crippen molar-refractivity contribution in [3.63, 3.8) is 0 Å². The van der Waals surface area contributed by atoms with Gasteiger partial charge in [-0.2, -0.15) is 0 Å². The zero-order chi connectivity index (χ0) is 9.64. The number of aliphatic imine (C=N–C) groups is 1. The van der Waals surface area contributed by atoms with Crippen LogP contribution in [0.1, 0.15) is 51.4 Å². The Labute approximate surface area is 87.2 Å². The molecule has 1 aliphatic heterocycles. The summed E-state index contributed by atoms with van der Waals surface area (Å²) in [4.78, 5) is 4.42. The van der Waals surface area contributed by atoms with Gasteiger partial charge in [0, 0.05) is 19.5 Å². The van der Waals surface area contributed by atoms with Crippen LogP contribution in [-0.2, 0) is 0 Å². The predicted molar refractivity (Wildman–Crippen MR) is 60.7 cm³/mol. The lowest BCUT2D eigenvalue weighted by Crippen LogP contribution is -2.24. The van der Waals surface area contributed by atoms with E-state index in [2.05, 4.69) is 10.3 Å². The summed E-state index contributed by atoms with van der Waals surface area (Å²) >= 11 is 0. The van der Waals surface area contributed by atoms with Crippen LogP contribution >= 0.6 is 0 Å². The van der Waals surface area contributed by atoms with Crippen LogP contribution < -0.4 is 5.32 Å². The molecule has 1 N–H and O–H groups in total. The molecule has 0 unspecified atom stereocenters. The third kappa shape index (κ3) is 3.00. The van der Waals surface area contributed by atoms with Crippen LogP contribution in [-0.4, -0.2) is 18.9 Å². The minimum Gasteiger partial charge on any atom is -0.374 e. The largest absolute Gasteiger partial charge is 0.374 e. The number of hydrogen-bond donors (Lipinski definition) is 1. The Bertz CT molecular complexity index is 192. The van der Waals surface area contributed by atoms with Gasteiger partial charge in [0.15, 0.2) is 0 Å². The Kier molecular flexibility index (Phi) is 3.84. The first-order valence-electron chi connectivity index (χ1n) is 6.22. The summed E-state index contributed by atoms with van der Waals surface area (Å²) < 4.78 is 0. The first kappa shape index (κ1) is 10.0.